The van der Waals surface area contributed by atoms with Gasteiger partial charge in [0.2, 0.25) is 5.95 Å². The van der Waals surface area contributed by atoms with Crippen molar-refractivity contribution in [2.75, 3.05) is 5.32 Å². The quantitative estimate of drug-likeness (QED) is 0.519. The molecule has 0 spiro atoms. The number of nitrogens with one attached hydrogen (secondary N) is 1. The number of carbonyl (C=O) groups is 1. The van der Waals surface area contributed by atoms with Crippen molar-refractivity contribution in [1.82, 2.24) is 9.55 Å². The number of anilines is 1. The van der Waals surface area contributed by atoms with E-state index in [1.807, 2.05) is 0 Å². The summed E-state index contributed by atoms with van der Waals surface area (Å²) in [6, 6.07) is 6.38. The van der Waals surface area contributed by atoms with Gasteiger partial charge in [0.1, 0.15) is 11.6 Å². The van der Waals surface area contributed by atoms with Crippen LogP contribution in [0, 0.1) is 30.2 Å². The van der Waals surface area contributed by atoms with Gasteiger partial charge in [0.15, 0.2) is 17.3 Å². The highest BCUT2D eigenvalue weighted by atomic mass is 19.2. The van der Waals surface area contributed by atoms with E-state index >= 15 is 0 Å². The fourth-order valence-electron chi connectivity index (χ4n) is 2.64. The third-order valence-electron chi connectivity index (χ3n) is 3.90. The topological polar surface area (TPSA) is 67.2 Å². The van der Waals surface area contributed by atoms with Crippen LogP contribution < -0.4 is 5.32 Å². The Morgan fingerprint density at radius 1 is 1.07 bits per heavy atom. The molecular weight excluding hydrogens is 366 g/mol. The van der Waals surface area contributed by atoms with Crippen LogP contribution in [-0.2, 0) is 6.54 Å². The van der Waals surface area contributed by atoms with Crippen LogP contribution >= 0.6 is 0 Å². The van der Waals surface area contributed by atoms with Crippen LogP contribution in [0.5, 0.6) is 0 Å². The molecule has 27 heavy (non-hydrogen) atoms. The summed E-state index contributed by atoms with van der Waals surface area (Å²) in [6.07, 6.45) is 0. The minimum Gasteiger partial charge on any atom is -0.477 e. The number of carboxylic acid groups (broad SMARTS) is 1. The molecule has 0 amide bonds. The van der Waals surface area contributed by atoms with Gasteiger partial charge in [-0.15, -0.1) is 0 Å². The molecule has 0 saturated heterocycles. The average Bonchev–Trinajstić information content (AvgIpc) is 2.95. The van der Waals surface area contributed by atoms with Crippen molar-refractivity contribution in [3.8, 4) is 5.69 Å². The highest BCUT2D eigenvalue weighted by Gasteiger charge is 2.22. The Bertz CT molecular complexity index is 1020. The van der Waals surface area contributed by atoms with Crippen molar-refractivity contribution >= 4 is 11.9 Å². The number of halogens is 4. The van der Waals surface area contributed by atoms with Crippen molar-refractivity contribution < 1.29 is 27.5 Å². The van der Waals surface area contributed by atoms with E-state index < -0.39 is 41.3 Å². The molecule has 0 fully saturated rings. The van der Waals surface area contributed by atoms with Gasteiger partial charge in [-0.1, -0.05) is 0 Å². The molecule has 0 bridgehead atoms. The van der Waals surface area contributed by atoms with Crippen LogP contribution in [0.15, 0.2) is 36.4 Å². The molecule has 0 atom stereocenters. The first-order chi connectivity index (χ1) is 12.8. The van der Waals surface area contributed by atoms with E-state index in [0.29, 0.717) is 6.07 Å². The Kier molecular flexibility index (Phi) is 4.85. The number of aryl methyl sites for hydroxylation is 1. The number of benzene rings is 2. The summed E-state index contributed by atoms with van der Waals surface area (Å²) in [7, 11) is 0. The highest BCUT2D eigenvalue weighted by Crippen LogP contribution is 2.24. The molecule has 0 unspecified atom stereocenters. The minimum atomic E-state index is -1.35. The molecule has 0 saturated carbocycles. The standard InChI is InChI=1S/C18H13F4N3O2/c1-9-16(17(26)27)25(11-4-2-10(19)3-5-11)18(24-9)23-8-12-13(20)6-7-14(21)15(12)22/h2-7H,8H2,1H3,(H,23,24)(H,26,27). The van der Waals surface area contributed by atoms with Crippen LogP contribution in [0.3, 0.4) is 0 Å². The summed E-state index contributed by atoms with van der Waals surface area (Å²) in [6.45, 7) is 0.962. The largest absolute Gasteiger partial charge is 0.477 e. The summed E-state index contributed by atoms with van der Waals surface area (Å²) >= 11 is 0. The van der Waals surface area contributed by atoms with Gasteiger partial charge in [-0.05, 0) is 43.3 Å². The first-order valence-electron chi connectivity index (χ1n) is 7.74. The molecule has 140 valence electrons. The number of hydrogen-bond acceptors (Lipinski definition) is 3. The number of aromatic carboxylic acids is 1. The normalized spacial score (nSPS) is 10.9. The Hall–Kier alpha value is -3.36. The molecule has 2 aromatic carbocycles. The summed E-state index contributed by atoms with van der Waals surface area (Å²) in [5.41, 5.74) is -0.353. The molecule has 0 aliphatic rings. The fraction of sp³-hybridized carbons (Fsp3) is 0.111. The lowest BCUT2D eigenvalue weighted by Crippen LogP contribution is -2.13. The fourth-order valence-corrected chi connectivity index (χ4v) is 2.64. The minimum absolute atomic E-state index is 0.0421. The number of nitrogens with zero attached hydrogens (tertiary/aromatic N) is 2. The molecule has 9 heteroatoms. The van der Waals surface area contributed by atoms with Gasteiger partial charge < -0.3 is 10.4 Å². The van der Waals surface area contributed by atoms with Crippen molar-refractivity contribution in [1.29, 1.82) is 0 Å². The van der Waals surface area contributed by atoms with Gasteiger partial charge in [-0.2, -0.15) is 0 Å². The van der Waals surface area contributed by atoms with Gasteiger partial charge in [0, 0.05) is 17.8 Å². The van der Waals surface area contributed by atoms with Crippen LogP contribution in [0.4, 0.5) is 23.5 Å². The maximum absolute atomic E-state index is 13.8. The second-order valence-electron chi connectivity index (χ2n) is 5.66. The van der Waals surface area contributed by atoms with Crippen LogP contribution in [0.25, 0.3) is 5.69 Å². The van der Waals surface area contributed by atoms with E-state index in [4.69, 9.17) is 0 Å². The zero-order chi connectivity index (χ0) is 19.7. The van der Waals surface area contributed by atoms with E-state index in [2.05, 4.69) is 10.3 Å². The number of hydrogen-bond donors (Lipinski definition) is 2. The van der Waals surface area contributed by atoms with Crippen molar-refractivity contribution in [2.24, 2.45) is 0 Å². The highest BCUT2D eigenvalue weighted by molar-refractivity contribution is 5.88. The summed E-state index contributed by atoms with van der Waals surface area (Å²) < 4.78 is 55.3. The molecule has 1 aromatic heterocycles. The first kappa shape index (κ1) is 18.4. The molecule has 0 radical (unpaired) electrons. The summed E-state index contributed by atoms with van der Waals surface area (Å²) in [5.74, 6) is -5.38. The molecule has 3 aromatic rings. The zero-order valence-corrected chi connectivity index (χ0v) is 13.9. The van der Waals surface area contributed by atoms with Crippen molar-refractivity contribution in [3.63, 3.8) is 0 Å². The van der Waals surface area contributed by atoms with Crippen LogP contribution in [-0.4, -0.2) is 20.6 Å². The maximum atomic E-state index is 13.8. The SMILES string of the molecule is Cc1nc(NCc2c(F)ccc(F)c2F)n(-c2ccc(F)cc2)c1C(=O)O. The lowest BCUT2D eigenvalue weighted by Gasteiger charge is -2.12. The Morgan fingerprint density at radius 2 is 1.70 bits per heavy atom. The Morgan fingerprint density at radius 3 is 2.33 bits per heavy atom. The van der Waals surface area contributed by atoms with Gasteiger partial charge in [-0.25, -0.2) is 27.3 Å². The number of carboxylic acids is 1. The van der Waals surface area contributed by atoms with Gasteiger partial charge in [0.25, 0.3) is 0 Å². The smallest absolute Gasteiger partial charge is 0.354 e. The third-order valence-corrected chi connectivity index (χ3v) is 3.90. The Balaban J connectivity index is 2.04. The predicted octanol–water partition coefficient (Wildman–Crippen LogP) is 4.05. The molecular formula is C18H13F4N3O2. The number of rotatable bonds is 5. The predicted molar refractivity (Wildman–Crippen MR) is 88.9 cm³/mol. The average molecular weight is 379 g/mol. The molecule has 0 aliphatic carbocycles. The summed E-state index contributed by atoms with van der Waals surface area (Å²) in [4.78, 5) is 15.7. The summed E-state index contributed by atoms with van der Waals surface area (Å²) in [5, 5.41) is 12.1. The second-order valence-corrected chi connectivity index (χ2v) is 5.66. The van der Waals surface area contributed by atoms with Crippen molar-refractivity contribution in [2.45, 2.75) is 13.5 Å². The second kappa shape index (κ2) is 7.10. The molecule has 5 nitrogen and oxygen atoms in total. The maximum Gasteiger partial charge on any atom is 0.354 e. The lowest BCUT2D eigenvalue weighted by atomic mass is 10.2. The lowest BCUT2D eigenvalue weighted by molar-refractivity contribution is 0.0687. The van der Waals surface area contributed by atoms with Crippen LogP contribution in [0.2, 0.25) is 0 Å². The van der Waals surface area contributed by atoms with Crippen LogP contribution in [0.1, 0.15) is 21.7 Å². The molecule has 2 N–H and O–H groups in total. The van der Waals surface area contributed by atoms with E-state index in [1.165, 1.54) is 23.6 Å². The zero-order valence-electron chi connectivity index (χ0n) is 13.9. The van der Waals surface area contributed by atoms with E-state index in [9.17, 15) is 27.5 Å². The Labute approximate surface area is 150 Å². The molecule has 3 rings (SSSR count). The third kappa shape index (κ3) is 3.48. The molecule has 0 aliphatic heterocycles. The molecule has 1 heterocycles. The number of imidazole rings is 1. The van der Waals surface area contributed by atoms with E-state index in [1.54, 1.807) is 0 Å². The first-order valence-corrected chi connectivity index (χ1v) is 7.74. The monoisotopic (exact) mass is 379 g/mol. The van der Waals surface area contributed by atoms with E-state index in [-0.39, 0.29) is 23.0 Å². The van der Waals surface area contributed by atoms with Crippen molar-refractivity contribution in [3.05, 3.63) is 76.6 Å². The van der Waals surface area contributed by atoms with Gasteiger partial charge in [-0.3, -0.25) is 4.57 Å². The van der Waals surface area contributed by atoms with Gasteiger partial charge >= 0.3 is 5.97 Å². The van der Waals surface area contributed by atoms with Gasteiger partial charge in [0.05, 0.1) is 5.69 Å². The number of aromatic nitrogens is 2. The van der Waals surface area contributed by atoms with E-state index in [0.717, 1.165) is 18.2 Å².